The van der Waals surface area contributed by atoms with Gasteiger partial charge in [-0.25, -0.2) is 9.18 Å². The Bertz CT molecular complexity index is 1110. The zero-order chi connectivity index (χ0) is 24.4. The molecule has 1 aromatic carbocycles. The van der Waals surface area contributed by atoms with E-state index in [-0.39, 0.29) is 17.6 Å². The standard InChI is InChI=1S/C22H23ClFN5O4S/c1-26(22(34)32-2)19-13-29(21(31)33-19)14-3-4-18(17(24)11-14)27-7-9-28(10-8-27)20(30)15-12-25-6-5-16(15)23/h3-6,11-12,19H,7-10,13H2,1-2H3/t19-/m0/s1. The van der Waals surface area contributed by atoms with Crippen molar-refractivity contribution in [3.63, 3.8) is 0 Å². The Kier molecular flexibility index (Phi) is 7.03. The number of benzene rings is 1. The Hall–Kier alpha value is -3.18. The highest BCUT2D eigenvalue weighted by molar-refractivity contribution is 7.80. The zero-order valence-electron chi connectivity index (χ0n) is 18.6. The number of ether oxygens (including phenoxy) is 2. The van der Waals surface area contributed by atoms with Crippen molar-refractivity contribution in [2.75, 3.05) is 56.7 Å². The average molecular weight is 508 g/mol. The number of carbonyl (C=O) groups excluding carboxylic acids is 2. The number of carbonyl (C=O) groups is 2. The first-order valence-electron chi connectivity index (χ1n) is 10.5. The summed E-state index contributed by atoms with van der Waals surface area (Å²) in [6.45, 7) is 1.91. The number of amides is 2. The van der Waals surface area contributed by atoms with E-state index in [4.69, 9.17) is 33.3 Å². The fraction of sp³-hybridized carbons (Fsp3) is 0.364. The van der Waals surface area contributed by atoms with Crippen molar-refractivity contribution in [2.24, 2.45) is 0 Å². The van der Waals surface area contributed by atoms with E-state index in [1.165, 1.54) is 35.4 Å². The maximum atomic E-state index is 15.0. The molecule has 0 N–H and O–H groups in total. The summed E-state index contributed by atoms with van der Waals surface area (Å²) in [6, 6.07) is 6.18. The number of anilines is 2. The average Bonchev–Trinajstić information content (AvgIpc) is 3.24. The summed E-state index contributed by atoms with van der Waals surface area (Å²) in [5.74, 6) is -0.668. The third-order valence-electron chi connectivity index (χ3n) is 5.84. The number of pyridine rings is 1. The molecule has 0 bridgehead atoms. The van der Waals surface area contributed by atoms with Crippen molar-refractivity contribution in [1.82, 2.24) is 14.8 Å². The topological polar surface area (TPSA) is 78.5 Å². The van der Waals surface area contributed by atoms with E-state index in [1.807, 2.05) is 4.90 Å². The summed E-state index contributed by atoms with van der Waals surface area (Å²) in [4.78, 5) is 35.5. The molecular formula is C22H23ClFN5O4S. The zero-order valence-corrected chi connectivity index (χ0v) is 20.2. The minimum atomic E-state index is -0.637. The number of cyclic esters (lactones) is 1. The number of thiocarbonyl (C=S) groups is 1. The van der Waals surface area contributed by atoms with Gasteiger partial charge in [0.2, 0.25) is 0 Å². The summed E-state index contributed by atoms with van der Waals surface area (Å²) in [6.07, 6.45) is 1.74. The third-order valence-corrected chi connectivity index (χ3v) is 6.62. The van der Waals surface area contributed by atoms with Crippen molar-refractivity contribution < 1.29 is 23.5 Å². The number of methoxy groups -OCH3 is 1. The predicted octanol–water partition coefficient (Wildman–Crippen LogP) is 2.98. The van der Waals surface area contributed by atoms with Gasteiger partial charge in [0.15, 0.2) is 6.23 Å². The molecule has 34 heavy (non-hydrogen) atoms. The molecule has 0 unspecified atom stereocenters. The molecule has 9 nitrogen and oxygen atoms in total. The van der Waals surface area contributed by atoms with Crippen molar-refractivity contribution in [3.05, 3.63) is 53.1 Å². The van der Waals surface area contributed by atoms with Crippen LogP contribution in [0.2, 0.25) is 5.02 Å². The molecule has 2 aromatic rings. The van der Waals surface area contributed by atoms with Gasteiger partial charge in [-0.2, -0.15) is 0 Å². The third kappa shape index (κ3) is 4.71. The first kappa shape index (κ1) is 24.0. The summed E-state index contributed by atoms with van der Waals surface area (Å²) < 4.78 is 25.4. The molecule has 180 valence electrons. The molecule has 0 aliphatic carbocycles. The number of piperazine rings is 1. The number of hydrogen-bond acceptors (Lipinski definition) is 7. The monoisotopic (exact) mass is 507 g/mol. The van der Waals surface area contributed by atoms with Gasteiger partial charge < -0.3 is 19.3 Å². The lowest BCUT2D eigenvalue weighted by atomic mass is 10.2. The van der Waals surface area contributed by atoms with Gasteiger partial charge in [-0.15, -0.1) is 0 Å². The molecule has 0 radical (unpaired) electrons. The summed E-state index contributed by atoms with van der Waals surface area (Å²) in [7, 11) is 3.09. The normalized spacial score (nSPS) is 18.1. The van der Waals surface area contributed by atoms with Gasteiger partial charge in [-0.1, -0.05) is 11.6 Å². The highest BCUT2D eigenvalue weighted by Crippen LogP contribution is 2.29. The largest absolute Gasteiger partial charge is 0.474 e. The van der Waals surface area contributed by atoms with Crippen LogP contribution < -0.4 is 9.80 Å². The van der Waals surface area contributed by atoms with Gasteiger partial charge in [0.05, 0.1) is 35.6 Å². The number of nitrogens with zero attached hydrogens (tertiary/aromatic N) is 5. The number of rotatable bonds is 4. The molecule has 4 rings (SSSR count). The second kappa shape index (κ2) is 9.98. The summed E-state index contributed by atoms with van der Waals surface area (Å²) >= 11 is 11.2. The minimum absolute atomic E-state index is 0.176. The highest BCUT2D eigenvalue weighted by atomic mass is 35.5. The molecule has 0 saturated carbocycles. The van der Waals surface area contributed by atoms with Gasteiger partial charge in [0.25, 0.3) is 11.1 Å². The molecule has 2 saturated heterocycles. The van der Waals surface area contributed by atoms with E-state index < -0.39 is 18.1 Å². The molecule has 2 fully saturated rings. The van der Waals surface area contributed by atoms with E-state index >= 15 is 4.39 Å². The Morgan fingerprint density at radius 2 is 2.03 bits per heavy atom. The maximum Gasteiger partial charge on any atom is 0.416 e. The van der Waals surface area contributed by atoms with Crippen LogP contribution in [0.4, 0.5) is 20.6 Å². The van der Waals surface area contributed by atoms with Crippen LogP contribution in [0.3, 0.4) is 0 Å². The van der Waals surface area contributed by atoms with Crippen molar-refractivity contribution in [3.8, 4) is 0 Å². The minimum Gasteiger partial charge on any atom is -0.474 e. The van der Waals surface area contributed by atoms with Crippen LogP contribution in [0.5, 0.6) is 0 Å². The lowest BCUT2D eigenvalue weighted by Crippen LogP contribution is -2.49. The number of aromatic nitrogens is 1. The second-order valence-corrected chi connectivity index (χ2v) is 8.56. The van der Waals surface area contributed by atoms with Crippen molar-refractivity contribution >= 4 is 52.4 Å². The smallest absolute Gasteiger partial charge is 0.416 e. The second-order valence-electron chi connectivity index (χ2n) is 7.80. The quantitative estimate of drug-likeness (QED) is 0.584. The summed E-state index contributed by atoms with van der Waals surface area (Å²) in [5, 5.41) is 0.534. The highest BCUT2D eigenvalue weighted by Gasteiger charge is 2.36. The van der Waals surface area contributed by atoms with E-state index in [0.717, 1.165) is 0 Å². The van der Waals surface area contributed by atoms with Gasteiger partial charge in [0.1, 0.15) is 5.82 Å². The molecule has 1 aromatic heterocycles. The molecule has 2 aliphatic heterocycles. The van der Waals surface area contributed by atoms with Gasteiger partial charge in [-0.3, -0.25) is 19.6 Å². The van der Waals surface area contributed by atoms with Crippen LogP contribution in [0.25, 0.3) is 0 Å². The first-order valence-corrected chi connectivity index (χ1v) is 11.3. The fourth-order valence-corrected chi connectivity index (χ4v) is 4.20. The Morgan fingerprint density at radius 3 is 2.68 bits per heavy atom. The number of likely N-dealkylation sites (N-methyl/N-ethyl adjacent to an activating group) is 1. The van der Waals surface area contributed by atoms with Gasteiger partial charge in [-0.05, 0) is 36.5 Å². The number of hydrogen-bond donors (Lipinski definition) is 0. The lowest BCUT2D eigenvalue weighted by Gasteiger charge is -2.36. The van der Waals surface area contributed by atoms with Crippen LogP contribution in [-0.2, 0) is 9.47 Å². The van der Waals surface area contributed by atoms with Crippen LogP contribution in [-0.4, -0.2) is 85.1 Å². The molecule has 2 aliphatic rings. The number of halogens is 2. The van der Waals surface area contributed by atoms with Crippen molar-refractivity contribution in [2.45, 2.75) is 6.23 Å². The Labute approximate surface area is 206 Å². The van der Waals surface area contributed by atoms with Crippen LogP contribution in [0, 0.1) is 5.82 Å². The van der Waals surface area contributed by atoms with Gasteiger partial charge in [0, 0.05) is 45.6 Å². The van der Waals surface area contributed by atoms with Crippen LogP contribution in [0.15, 0.2) is 36.7 Å². The Morgan fingerprint density at radius 1 is 1.29 bits per heavy atom. The fourth-order valence-electron chi connectivity index (χ4n) is 3.90. The lowest BCUT2D eigenvalue weighted by molar-refractivity contribution is 0.0677. The Balaban J connectivity index is 1.40. The van der Waals surface area contributed by atoms with Crippen LogP contribution >= 0.6 is 23.8 Å². The van der Waals surface area contributed by atoms with Crippen molar-refractivity contribution in [1.29, 1.82) is 0 Å². The maximum absolute atomic E-state index is 15.0. The van der Waals surface area contributed by atoms with Gasteiger partial charge >= 0.3 is 6.09 Å². The molecular weight excluding hydrogens is 485 g/mol. The first-order chi connectivity index (χ1) is 16.3. The van der Waals surface area contributed by atoms with E-state index in [1.54, 1.807) is 30.1 Å². The van der Waals surface area contributed by atoms with E-state index in [0.29, 0.717) is 48.1 Å². The molecule has 0 spiro atoms. The molecule has 1 atom stereocenters. The van der Waals surface area contributed by atoms with E-state index in [2.05, 4.69) is 4.98 Å². The molecule has 3 heterocycles. The molecule has 12 heteroatoms. The van der Waals surface area contributed by atoms with Crippen LogP contribution in [0.1, 0.15) is 10.4 Å². The SMILES string of the molecule is COC(=S)N(C)[C@@H]1CN(c2ccc(N3CCN(C(=O)c4cnccc4Cl)CC3)c(F)c2)C(=O)O1. The van der Waals surface area contributed by atoms with E-state index in [9.17, 15) is 9.59 Å². The molecule has 2 amide bonds. The summed E-state index contributed by atoms with van der Waals surface area (Å²) in [5.41, 5.74) is 1.13. The predicted molar refractivity (Wildman–Crippen MR) is 129 cm³/mol.